The van der Waals surface area contributed by atoms with E-state index in [9.17, 15) is 14.9 Å². The zero-order chi connectivity index (χ0) is 13.3. The summed E-state index contributed by atoms with van der Waals surface area (Å²) in [6.07, 6.45) is 0. The number of carbonyl (C=O) groups excluding carboxylic acids is 1. The molecule has 6 heteroatoms. The Morgan fingerprint density at radius 1 is 1.41 bits per heavy atom. The molecule has 0 aromatic heterocycles. The average molecular weight is 257 g/mol. The second kappa shape index (κ2) is 8.58. The summed E-state index contributed by atoms with van der Waals surface area (Å²) in [6, 6.07) is 6.35. The van der Waals surface area contributed by atoms with Crippen LogP contribution >= 0.6 is 12.6 Å². The quantitative estimate of drug-likeness (QED) is 0.391. The van der Waals surface area contributed by atoms with Gasteiger partial charge in [-0.3, -0.25) is 14.9 Å². The Balaban J connectivity index is 0.000000366. The molecule has 1 aromatic rings. The Bertz CT molecular complexity index is 364. The lowest BCUT2D eigenvalue weighted by molar-refractivity contribution is -0.384. The number of benzene rings is 1. The minimum absolute atomic E-state index is 0.121. The van der Waals surface area contributed by atoms with Crippen molar-refractivity contribution >= 4 is 24.3 Å². The molecule has 0 N–H and O–H groups in total. The van der Waals surface area contributed by atoms with Gasteiger partial charge in [0.15, 0.2) is 0 Å². The van der Waals surface area contributed by atoms with Gasteiger partial charge in [0.05, 0.1) is 11.5 Å². The van der Waals surface area contributed by atoms with E-state index in [0.717, 1.165) is 5.56 Å². The van der Waals surface area contributed by atoms with Crippen molar-refractivity contribution in [2.45, 2.75) is 19.6 Å². The highest BCUT2D eigenvalue weighted by molar-refractivity contribution is 7.79. The molecule has 0 aliphatic carbocycles. The minimum atomic E-state index is -0.414. The maximum Gasteiger partial charge on any atom is 0.302 e. The fourth-order valence-electron chi connectivity index (χ4n) is 0.926. The van der Waals surface area contributed by atoms with Crippen LogP contribution in [0.1, 0.15) is 19.4 Å². The summed E-state index contributed by atoms with van der Waals surface area (Å²) in [4.78, 5) is 19.6. The molecule has 0 fully saturated rings. The summed E-state index contributed by atoms with van der Waals surface area (Å²) < 4.78 is 4.40. The van der Waals surface area contributed by atoms with Crippen molar-refractivity contribution in [3.63, 3.8) is 0 Å². The number of nitro benzene ring substituents is 1. The topological polar surface area (TPSA) is 69.4 Å². The Kier molecular flexibility index (Phi) is 7.79. The van der Waals surface area contributed by atoms with Gasteiger partial charge in [-0.2, -0.15) is 12.6 Å². The third kappa shape index (κ3) is 7.35. The molecule has 0 saturated heterocycles. The number of esters is 1. The molecule has 0 amide bonds. The Morgan fingerprint density at radius 3 is 2.18 bits per heavy atom. The molecule has 1 rings (SSSR count). The van der Waals surface area contributed by atoms with Crippen LogP contribution in [-0.4, -0.2) is 17.5 Å². The van der Waals surface area contributed by atoms with Crippen molar-refractivity contribution in [3.05, 3.63) is 39.9 Å². The molecule has 0 bridgehead atoms. The lowest BCUT2D eigenvalue weighted by Crippen LogP contribution is -1.95. The predicted molar refractivity (Wildman–Crippen MR) is 68.1 cm³/mol. The number of thiol groups is 1. The van der Waals surface area contributed by atoms with Crippen LogP contribution in [0.5, 0.6) is 0 Å². The van der Waals surface area contributed by atoms with E-state index < -0.39 is 4.92 Å². The zero-order valence-corrected chi connectivity index (χ0v) is 10.6. The maximum absolute atomic E-state index is 10.2. The van der Waals surface area contributed by atoms with Crippen LogP contribution in [0.3, 0.4) is 0 Å². The highest BCUT2D eigenvalue weighted by atomic mass is 32.1. The lowest BCUT2D eigenvalue weighted by atomic mass is 10.2. The first-order valence-electron chi connectivity index (χ1n) is 4.98. The summed E-state index contributed by atoms with van der Waals surface area (Å²) in [7, 11) is 0. The monoisotopic (exact) mass is 257 g/mol. The van der Waals surface area contributed by atoms with Gasteiger partial charge in [-0.1, -0.05) is 12.1 Å². The Hall–Kier alpha value is -1.56. The number of ether oxygens (including phenoxy) is 1. The molecule has 0 saturated carbocycles. The first kappa shape index (κ1) is 15.4. The average Bonchev–Trinajstić information content (AvgIpc) is 2.29. The molecule has 0 atom stereocenters. The summed E-state index contributed by atoms with van der Waals surface area (Å²) in [5.41, 5.74) is 1.11. The number of non-ortho nitro benzene ring substituents is 1. The fourth-order valence-corrected chi connectivity index (χ4v) is 1.14. The standard InChI is InChI=1S/C7H7NO2S.C4H8O2/c9-8(10)7-3-1-6(5-11)2-4-7;1-3-6-4(2)5/h1-4,11H,5H2;3H2,1-2H3. The van der Waals surface area contributed by atoms with E-state index in [1.165, 1.54) is 19.1 Å². The van der Waals surface area contributed by atoms with Crippen molar-refractivity contribution in [1.29, 1.82) is 0 Å². The fraction of sp³-hybridized carbons (Fsp3) is 0.364. The van der Waals surface area contributed by atoms with E-state index in [1.54, 1.807) is 19.1 Å². The van der Waals surface area contributed by atoms with Gasteiger partial charge in [0.2, 0.25) is 0 Å². The van der Waals surface area contributed by atoms with Crippen LogP contribution in [0.4, 0.5) is 5.69 Å². The zero-order valence-electron chi connectivity index (χ0n) is 9.75. The second-order valence-corrected chi connectivity index (χ2v) is 3.32. The van der Waals surface area contributed by atoms with E-state index in [1.807, 2.05) is 0 Å². The number of nitrogens with zero attached hydrogens (tertiary/aromatic N) is 1. The molecule has 0 radical (unpaired) electrons. The molecule has 17 heavy (non-hydrogen) atoms. The molecule has 1 aromatic carbocycles. The lowest BCUT2D eigenvalue weighted by Gasteiger charge is -1.93. The number of nitro groups is 1. The molecular formula is C11H15NO4S. The molecule has 0 aliphatic rings. The number of carbonyl (C=O) groups is 1. The molecule has 0 spiro atoms. The predicted octanol–water partition coefficient (Wildman–Crippen LogP) is 2.59. The van der Waals surface area contributed by atoms with Crippen LogP contribution in [0.25, 0.3) is 0 Å². The summed E-state index contributed by atoms with van der Waals surface area (Å²) in [5, 5.41) is 10.2. The third-order valence-corrected chi connectivity index (χ3v) is 2.04. The molecule has 94 valence electrons. The maximum atomic E-state index is 10.2. The van der Waals surface area contributed by atoms with E-state index in [4.69, 9.17) is 0 Å². The molecule has 0 heterocycles. The Labute approximate surface area is 105 Å². The van der Waals surface area contributed by atoms with Crippen LogP contribution in [0, 0.1) is 10.1 Å². The van der Waals surface area contributed by atoms with Gasteiger partial charge in [0.25, 0.3) is 5.69 Å². The summed E-state index contributed by atoms with van der Waals surface area (Å²) >= 11 is 4.03. The van der Waals surface area contributed by atoms with Crippen LogP contribution in [0.2, 0.25) is 0 Å². The minimum Gasteiger partial charge on any atom is -0.466 e. The molecule has 0 aliphatic heterocycles. The van der Waals surface area contributed by atoms with Crippen molar-refractivity contribution in [3.8, 4) is 0 Å². The van der Waals surface area contributed by atoms with E-state index >= 15 is 0 Å². The van der Waals surface area contributed by atoms with Gasteiger partial charge >= 0.3 is 5.97 Å². The highest BCUT2D eigenvalue weighted by Gasteiger charge is 2.01. The largest absolute Gasteiger partial charge is 0.466 e. The van der Waals surface area contributed by atoms with Gasteiger partial charge < -0.3 is 4.74 Å². The van der Waals surface area contributed by atoms with Gasteiger partial charge in [0, 0.05) is 24.8 Å². The van der Waals surface area contributed by atoms with Crippen LogP contribution < -0.4 is 0 Å². The van der Waals surface area contributed by atoms with Crippen molar-refractivity contribution in [1.82, 2.24) is 0 Å². The summed E-state index contributed by atoms with van der Waals surface area (Å²) in [5.74, 6) is 0.398. The summed E-state index contributed by atoms with van der Waals surface area (Å²) in [6.45, 7) is 3.65. The van der Waals surface area contributed by atoms with Gasteiger partial charge in [-0.05, 0) is 12.5 Å². The van der Waals surface area contributed by atoms with E-state index in [-0.39, 0.29) is 11.7 Å². The van der Waals surface area contributed by atoms with Crippen molar-refractivity contribution in [2.24, 2.45) is 0 Å². The Morgan fingerprint density at radius 2 is 1.94 bits per heavy atom. The van der Waals surface area contributed by atoms with E-state index in [2.05, 4.69) is 17.4 Å². The molecular weight excluding hydrogens is 242 g/mol. The van der Waals surface area contributed by atoms with Crippen molar-refractivity contribution < 1.29 is 14.5 Å². The second-order valence-electron chi connectivity index (χ2n) is 3.01. The number of hydrogen-bond acceptors (Lipinski definition) is 5. The number of rotatable bonds is 3. The normalized spacial score (nSPS) is 8.88. The van der Waals surface area contributed by atoms with Crippen LogP contribution in [-0.2, 0) is 15.3 Å². The number of hydrogen-bond donors (Lipinski definition) is 1. The highest BCUT2D eigenvalue weighted by Crippen LogP contribution is 2.12. The van der Waals surface area contributed by atoms with Gasteiger partial charge in [-0.25, -0.2) is 0 Å². The van der Waals surface area contributed by atoms with Crippen molar-refractivity contribution in [2.75, 3.05) is 6.61 Å². The van der Waals surface area contributed by atoms with Crippen LogP contribution in [0.15, 0.2) is 24.3 Å². The smallest absolute Gasteiger partial charge is 0.302 e. The van der Waals surface area contributed by atoms with E-state index in [0.29, 0.717) is 12.4 Å². The third-order valence-electron chi connectivity index (χ3n) is 1.68. The molecule has 0 unspecified atom stereocenters. The first-order chi connectivity index (χ1) is 8.01. The first-order valence-corrected chi connectivity index (χ1v) is 5.62. The van der Waals surface area contributed by atoms with Gasteiger partial charge in [0.1, 0.15) is 0 Å². The molecule has 5 nitrogen and oxygen atoms in total. The van der Waals surface area contributed by atoms with Gasteiger partial charge in [-0.15, -0.1) is 0 Å². The SMILES string of the molecule is CCOC(C)=O.O=[N+]([O-])c1ccc(CS)cc1.